The van der Waals surface area contributed by atoms with Crippen molar-refractivity contribution in [3.8, 4) is 11.3 Å². The molecule has 158 valence electrons. The van der Waals surface area contributed by atoms with Crippen LogP contribution in [0.5, 0.6) is 0 Å². The summed E-state index contributed by atoms with van der Waals surface area (Å²) in [7, 11) is 0. The van der Waals surface area contributed by atoms with Crippen LogP contribution in [0.2, 0.25) is 0 Å². The highest BCUT2D eigenvalue weighted by Crippen LogP contribution is 2.35. The van der Waals surface area contributed by atoms with Crippen LogP contribution in [0, 0.1) is 6.92 Å². The van der Waals surface area contributed by atoms with Crippen molar-refractivity contribution in [2.24, 2.45) is 0 Å². The van der Waals surface area contributed by atoms with Crippen LogP contribution in [0.1, 0.15) is 12.0 Å². The summed E-state index contributed by atoms with van der Waals surface area (Å²) in [5.41, 5.74) is 9.47. The van der Waals surface area contributed by atoms with Crippen LogP contribution in [0.15, 0.2) is 48.8 Å². The van der Waals surface area contributed by atoms with E-state index in [4.69, 9.17) is 10.7 Å². The third-order valence-corrected chi connectivity index (χ3v) is 5.84. The lowest BCUT2D eigenvalue weighted by Gasteiger charge is -2.33. The number of nitrogens with two attached hydrogens (primary N) is 1. The van der Waals surface area contributed by atoms with Gasteiger partial charge in [0.05, 0.1) is 17.8 Å². The molecular formula is C22H23N7O2. The van der Waals surface area contributed by atoms with Crippen molar-refractivity contribution in [2.75, 3.05) is 29.0 Å². The van der Waals surface area contributed by atoms with E-state index in [0.29, 0.717) is 30.4 Å². The number of hydrogen-bond donors (Lipinski definition) is 3. The van der Waals surface area contributed by atoms with Gasteiger partial charge in [-0.25, -0.2) is 19.7 Å². The van der Waals surface area contributed by atoms with Crippen LogP contribution in [0.3, 0.4) is 0 Å². The molecule has 2 fully saturated rings. The Morgan fingerprint density at radius 3 is 2.68 bits per heavy atom. The minimum Gasteiger partial charge on any atom is -0.465 e. The van der Waals surface area contributed by atoms with Gasteiger partial charge in [0, 0.05) is 42.8 Å². The van der Waals surface area contributed by atoms with Crippen molar-refractivity contribution in [2.45, 2.75) is 25.4 Å². The highest BCUT2D eigenvalue weighted by atomic mass is 16.4. The van der Waals surface area contributed by atoms with Gasteiger partial charge in [-0.1, -0.05) is 0 Å². The molecule has 2 aliphatic rings. The zero-order chi connectivity index (χ0) is 21.5. The fourth-order valence-corrected chi connectivity index (χ4v) is 4.42. The maximum atomic E-state index is 11.3. The van der Waals surface area contributed by atoms with Gasteiger partial charge in [-0.15, -0.1) is 0 Å². The van der Waals surface area contributed by atoms with Crippen LogP contribution < -0.4 is 16.0 Å². The summed E-state index contributed by atoms with van der Waals surface area (Å²) < 4.78 is 0. The van der Waals surface area contributed by atoms with E-state index in [1.807, 2.05) is 37.3 Å². The van der Waals surface area contributed by atoms with Crippen LogP contribution in [0.25, 0.3) is 11.3 Å². The predicted molar refractivity (Wildman–Crippen MR) is 118 cm³/mol. The lowest BCUT2D eigenvalue weighted by atomic mass is 10.1. The van der Waals surface area contributed by atoms with Gasteiger partial charge in [0.15, 0.2) is 0 Å². The Bertz CT molecular complexity index is 1150. The monoisotopic (exact) mass is 417 g/mol. The summed E-state index contributed by atoms with van der Waals surface area (Å²) in [6.45, 7) is 3.17. The fourth-order valence-electron chi connectivity index (χ4n) is 4.42. The van der Waals surface area contributed by atoms with E-state index in [0.717, 1.165) is 29.1 Å². The number of pyridine rings is 3. The predicted octanol–water partition coefficient (Wildman–Crippen LogP) is 3.11. The SMILES string of the molecule is Cc1ccnc(Nc2cc(N)cc(-c3ccnc(N4C[C@@H]5C[C@H]4CN5C(=O)O)c3)n2)c1. The average Bonchev–Trinajstić information content (AvgIpc) is 3.35. The first-order valence-electron chi connectivity index (χ1n) is 10.2. The zero-order valence-corrected chi connectivity index (χ0v) is 17.1. The minimum atomic E-state index is -0.846. The second kappa shape index (κ2) is 7.42. The number of rotatable bonds is 4. The molecule has 5 heterocycles. The van der Waals surface area contributed by atoms with E-state index >= 15 is 0 Å². The van der Waals surface area contributed by atoms with Gasteiger partial charge in [0.1, 0.15) is 17.5 Å². The largest absolute Gasteiger partial charge is 0.465 e. The molecule has 3 aromatic rings. The first kappa shape index (κ1) is 19.1. The summed E-state index contributed by atoms with van der Waals surface area (Å²) in [5, 5.41) is 12.5. The molecule has 9 nitrogen and oxygen atoms in total. The quantitative estimate of drug-likeness (QED) is 0.592. The maximum absolute atomic E-state index is 11.3. The Labute approximate surface area is 179 Å². The molecule has 2 atom stereocenters. The standard InChI is InChI=1S/C22H23N7O2/c1-13-2-4-24-19(6-13)27-20-9-15(23)8-18(26-20)14-3-5-25-21(7-14)28-11-17-10-16(28)12-29(17)22(30)31/h2-9,16-17H,10-12H2,1H3,(H,30,31)(H3,23,24,26,27)/t16-,17-/m0/s1. The van der Waals surface area contributed by atoms with Gasteiger partial charge >= 0.3 is 6.09 Å². The number of amides is 1. The van der Waals surface area contributed by atoms with E-state index < -0.39 is 6.09 Å². The molecule has 31 heavy (non-hydrogen) atoms. The van der Waals surface area contributed by atoms with Crippen molar-refractivity contribution < 1.29 is 9.90 Å². The Hall–Kier alpha value is -3.88. The molecule has 3 aromatic heterocycles. The Balaban J connectivity index is 1.40. The Morgan fingerprint density at radius 2 is 1.94 bits per heavy atom. The first-order chi connectivity index (χ1) is 15.0. The summed E-state index contributed by atoms with van der Waals surface area (Å²) in [4.78, 5) is 28.6. The number of aryl methyl sites for hydroxylation is 1. The van der Waals surface area contributed by atoms with Crippen LogP contribution >= 0.6 is 0 Å². The molecule has 1 amide bonds. The minimum absolute atomic E-state index is 0.0242. The summed E-state index contributed by atoms with van der Waals surface area (Å²) in [6, 6.07) is 11.5. The van der Waals surface area contributed by atoms with Crippen molar-refractivity contribution in [1.82, 2.24) is 19.9 Å². The molecule has 0 saturated carbocycles. The smallest absolute Gasteiger partial charge is 0.407 e. The third-order valence-electron chi connectivity index (χ3n) is 5.84. The molecule has 0 unspecified atom stereocenters. The third kappa shape index (κ3) is 3.70. The van der Waals surface area contributed by atoms with Crippen LogP contribution in [0.4, 0.5) is 27.9 Å². The number of carbonyl (C=O) groups is 1. The normalized spacial score (nSPS) is 19.6. The molecule has 4 N–H and O–H groups in total. The molecule has 5 rings (SSSR count). The highest BCUT2D eigenvalue weighted by Gasteiger charge is 2.45. The number of nitrogens with one attached hydrogen (secondary N) is 1. The molecule has 2 aliphatic heterocycles. The van der Waals surface area contributed by atoms with E-state index in [9.17, 15) is 9.90 Å². The van der Waals surface area contributed by atoms with E-state index in [2.05, 4.69) is 20.2 Å². The molecule has 2 bridgehead atoms. The van der Waals surface area contributed by atoms with Crippen molar-refractivity contribution in [3.05, 3.63) is 54.4 Å². The maximum Gasteiger partial charge on any atom is 0.407 e. The van der Waals surface area contributed by atoms with E-state index in [1.165, 1.54) is 4.90 Å². The Kier molecular flexibility index (Phi) is 4.58. The number of piperazine rings is 1. The van der Waals surface area contributed by atoms with Gasteiger partial charge in [0.2, 0.25) is 0 Å². The van der Waals surface area contributed by atoms with Gasteiger partial charge in [0.25, 0.3) is 0 Å². The summed E-state index contributed by atoms with van der Waals surface area (Å²) in [5.74, 6) is 2.15. The zero-order valence-electron chi connectivity index (χ0n) is 17.1. The number of anilines is 4. The molecule has 0 spiro atoms. The molecular weight excluding hydrogens is 394 g/mol. The first-order valence-corrected chi connectivity index (χ1v) is 10.2. The van der Waals surface area contributed by atoms with Crippen molar-refractivity contribution in [3.63, 3.8) is 0 Å². The number of likely N-dealkylation sites (tertiary alicyclic amines) is 1. The molecule has 0 aromatic carbocycles. The second-order valence-corrected chi connectivity index (χ2v) is 8.05. The van der Waals surface area contributed by atoms with Crippen molar-refractivity contribution in [1.29, 1.82) is 0 Å². The average molecular weight is 417 g/mol. The highest BCUT2D eigenvalue weighted by molar-refractivity contribution is 5.71. The number of aromatic nitrogens is 3. The van der Waals surface area contributed by atoms with Gasteiger partial charge in [-0.05, 0) is 49.2 Å². The van der Waals surface area contributed by atoms with E-state index in [-0.39, 0.29) is 12.1 Å². The van der Waals surface area contributed by atoms with E-state index in [1.54, 1.807) is 18.5 Å². The van der Waals surface area contributed by atoms with Gasteiger partial charge < -0.3 is 26.0 Å². The van der Waals surface area contributed by atoms with Gasteiger partial charge in [-0.3, -0.25) is 0 Å². The molecule has 9 heteroatoms. The lowest BCUT2D eigenvalue weighted by molar-refractivity contribution is 0.137. The number of nitrogen functional groups attached to an aromatic ring is 1. The summed E-state index contributed by atoms with van der Waals surface area (Å²) >= 11 is 0. The number of hydrogen-bond acceptors (Lipinski definition) is 7. The number of nitrogens with zero attached hydrogens (tertiary/aromatic N) is 5. The fraction of sp³-hybridized carbons (Fsp3) is 0.273. The molecule has 2 saturated heterocycles. The molecule has 0 aliphatic carbocycles. The van der Waals surface area contributed by atoms with Crippen molar-refractivity contribution >= 4 is 29.2 Å². The van der Waals surface area contributed by atoms with Crippen LogP contribution in [-0.2, 0) is 0 Å². The second-order valence-electron chi connectivity index (χ2n) is 8.05. The topological polar surface area (TPSA) is 120 Å². The summed E-state index contributed by atoms with van der Waals surface area (Å²) in [6.07, 6.45) is 3.49. The molecule has 0 radical (unpaired) electrons. The Morgan fingerprint density at radius 1 is 1.10 bits per heavy atom. The van der Waals surface area contributed by atoms with Gasteiger partial charge in [-0.2, -0.15) is 0 Å². The lowest BCUT2D eigenvalue weighted by Crippen LogP contribution is -2.48. The number of carboxylic acid groups (broad SMARTS) is 1. The number of fused-ring (bicyclic) bond motifs is 2. The van der Waals surface area contributed by atoms with Crippen LogP contribution in [-0.4, -0.2) is 56.2 Å².